The highest BCUT2D eigenvalue weighted by Crippen LogP contribution is 2.33. The molecule has 7 aromatic rings. The molecule has 0 fully saturated rings. The van der Waals surface area contributed by atoms with Gasteiger partial charge in [-0.25, -0.2) is 9.97 Å². The zero-order valence-electron chi connectivity index (χ0n) is 20.5. The van der Waals surface area contributed by atoms with Gasteiger partial charge in [0.1, 0.15) is 16.9 Å². The number of carbonyl (C=O) groups is 1. The molecule has 0 unspecified atom stereocenters. The first-order valence-corrected chi connectivity index (χ1v) is 12.3. The van der Waals surface area contributed by atoms with Crippen molar-refractivity contribution in [3.8, 4) is 33.9 Å². The van der Waals surface area contributed by atoms with Gasteiger partial charge >= 0.3 is 0 Å². The Morgan fingerprint density at radius 2 is 1.72 bits per heavy atom. The lowest BCUT2D eigenvalue weighted by Gasteiger charge is -2.07. The molecule has 0 saturated carbocycles. The summed E-state index contributed by atoms with van der Waals surface area (Å²) >= 11 is 0. The zero-order valence-corrected chi connectivity index (χ0v) is 20.5. The van der Waals surface area contributed by atoms with Gasteiger partial charge in [-0.15, -0.1) is 0 Å². The lowest BCUT2D eigenvalue weighted by molar-refractivity contribution is 0.102. The quantitative estimate of drug-likeness (QED) is 0.267. The number of aromatic nitrogens is 7. The Labute approximate surface area is 222 Å². The number of nitrogens with one attached hydrogen (secondary N) is 3. The largest absolute Gasteiger partial charge is 0.338 e. The molecule has 9 heteroatoms. The number of pyridine rings is 4. The smallest absolute Gasteiger partial charge is 0.255 e. The van der Waals surface area contributed by atoms with Crippen LogP contribution in [0.15, 0.2) is 104 Å². The molecule has 3 N–H and O–H groups in total. The van der Waals surface area contributed by atoms with Gasteiger partial charge in [-0.2, -0.15) is 5.10 Å². The lowest BCUT2D eigenvalue weighted by atomic mass is 10.1. The van der Waals surface area contributed by atoms with Gasteiger partial charge in [-0.1, -0.05) is 24.3 Å². The van der Waals surface area contributed by atoms with E-state index in [-0.39, 0.29) is 5.91 Å². The third kappa shape index (κ3) is 4.17. The fourth-order valence-corrected chi connectivity index (χ4v) is 4.59. The highest BCUT2D eigenvalue weighted by atomic mass is 16.1. The van der Waals surface area contributed by atoms with E-state index in [9.17, 15) is 4.79 Å². The fraction of sp³-hybridized carbons (Fsp3) is 0. The first-order chi connectivity index (χ1) is 19.2. The molecule has 1 aromatic carbocycles. The predicted molar refractivity (Wildman–Crippen MR) is 150 cm³/mol. The van der Waals surface area contributed by atoms with Crippen LogP contribution in [0, 0.1) is 0 Å². The van der Waals surface area contributed by atoms with Crippen molar-refractivity contribution in [2.75, 3.05) is 5.32 Å². The van der Waals surface area contributed by atoms with Gasteiger partial charge in [0.25, 0.3) is 5.91 Å². The van der Waals surface area contributed by atoms with Gasteiger partial charge < -0.3 is 10.3 Å². The van der Waals surface area contributed by atoms with E-state index in [1.807, 2.05) is 66.7 Å². The Morgan fingerprint density at radius 1 is 0.821 bits per heavy atom. The van der Waals surface area contributed by atoms with Crippen LogP contribution in [0.4, 0.5) is 5.69 Å². The topological polar surface area (TPSA) is 125 Å². The fourth-order valence-electron chi connectivity index (χ4n) is 4.59. The summed E-state index contributed by atoms with van der Waals surface area (Å²) in [5.41, 5.74) is 8.20. The molecule has 39 heavy (non-hydrogen) atoms. The molecule has 0 bridgehead atoms. The molecule has 9 nitrogen and oxygen atoms in total. The van der Waals surface area contributed by atoms with Crippen molar-refractivity contribution >= 4 is 33.7 Å². The number of carbonyl (C=O) groups excluding carboxylic acids is 1. The minimum absolute atomic E-state index is 0.201. The van der Waals surface area contributed by atoms with E-state index >= 15 is 0 Å². The van der Waals surface area contributed by atoms with Crippen LogP contribution in [0.25, 0.3) is 56.0 Å². The van der Waals surface area contributed by atoms with Crippen LogP contribution in [-0.4, -0.2) is 41.0 Å². The normalized spacial score (nSPS) is 11.2. The zero-order chi connectivity index (χ0) is 26.2. The molecular weight excluding hydrogens is 488 g/mol. The number of H-pyrrole nitrogens is 2. The van der Waals surface area contributed by atoms with Crippen LogP contribution in [0.5, 0.6) is 0 Å². The molecule has 0 saturated heterocycles. The maximum atomic E-state index is 12.6. The Hall–Kier alpha value is -5.70. The van der Waals surface area contributed by atoms with Gasteiger partial charge in [-0.3, -0.25) is 19.9 Å². The number of amides is 1. The minimum atomic E-state index is -0.201. The number of nitrogens with zero attached hydrogens (tertiary/aromatic N) is 5. The first-order valence-electron chi connectivity index (χ1n) is 12.3. The van der Waals surface area contributed by atoms with Crippen molar-refractivity contribution in [1.82, 2.24) is 35.1 Å². The van der Waals surface area contributed by atoms with Gasteiger partial charge in [0.15, 0.2) is 0 Å². The van der Waals surface area contributed by atoms with Gasteiger partial charge in [0.05, 0.1) is 34.5 Å². The van der Waals surface area contributed by atoms with E-state index in [4.69, 9.17) is 4.98 Å². The monoisotopic (exact) mass is 508 g/mol. The molecule has 0 aliphatic rings. The Morgan fingerprint density at radius 3 is 2.59 bits per heavy atom. The number of hydrogen-bond donors (Lipinski definition) is 3. The third-order valence-corrected chi connectivity index (χ3v) is 6.46. The first kappa shape index (κ1) is 22.5. The van der Waals surface area contributed by atoms with Crippen LogP contribution in [-0.2, 0) is 0 Å². The summed E-state index contributed by atoms with van der Waals surface area (Å²) in [5.74, 6) is -0.201. The molecule has 0 aliphatic heterocycles. The average Bonchev–Trinajstić information content (AvgIpc) is 3.62. The molecule has 0 spiro atoms. The van der Waals surface area contributed by atoms with E-state index in [0.717, 1.165) is 39.1 Å². The van der Waals surface area contributed by atoms with Crippen molar-refractivity contribution < 1.29 is 4.79 Å². The maximum Gasteiger partial charge on any atom is 0.255 e. The number of hydrogen-bond acceptors (Lipinski definition) is 6. The van der Waals surface area contributed by atoms with Crippen molar-refractivity contribution in [2.45, 2.75) is 0 Å². The third-order valence-electron chi connectivity index (χ3n) is 6.46. The average molecular weight is 509 g/mol. The highest BCUT2D eigenvalue weighted by molar-refractivity contribution is 6.04. The van der Waals surface area contributed by atoms with Crippen LogP contribution in [0.3, 0.4) is 0 Å². The molecule has 7 rings (SSSR count). The molecule has 0 atom stereocenters. The molecule has 0 radical (unpaired) electrons. The number of aromatic amines is 2. The van der Waals surface area contributed by atoms with Crippen molar-refractivity contribution in [1.29, 1.82) is 0 Å². The molecule has 6 aromatic heterocycles. The molecular formula is C30H20N8O. The summed E-state index contributed by atoms with van der Waals surface area (Å²) in [6.45, 7) is 0. The standard InChI is InChI=1S/C30H20N8O/c39-30(18-6-2-1-3-7-18)34-20-14-19(16-31-17-20)23-9-10-25-27(35-23)28(38-37-25)26-15-22-21(11-13-33-29(22)36-26)24-8-4-5-12-32-24/h1-17H,(H,33,36)(H,34,39)(H,37,38). The second-order valence-electron chi connectivity index (χ2n) is 8.97. The summed E-state index contributed by atoms with van der Waals surface area (Å²) in [6, 6.07) is 24.6. The molecule has 1 amide bonds. The Balaban J connectivity index is 1.25. The van der Waals surface area contributed by atoms with Crippen molar-refractivity contribution in [2.24, 2.45) is 0 Å². The second-order valence-corrected chi connectivity index (χ2v) is 8.97. The van der Waals surface area contributed by atoms with Crippen LogP contribution < -0.4 is 5.32 Å². The number of benzene rings is 1. The second kappa shape index (κ2) is 9.31. The van der Waals surface area contributed by atoms with E-state index in [0.29, 0.717) is 28.2 Å². The van der Waals surface area contributed by atoms with Crippen LogP contribution in [0.2, 0.25) is 0 Å². The predicted octanol–water partition coefficient (Wildman–Crippen LogP) is 5.88. The summed E-state index contributed by atoms with van der Waals surface area (Å²) in [4.78, 5) is 34.2. The van der Waals surface area contributed by atoms with Crippen molar-refractivity contribution in [3.63, 3.8) is 0 Å². The number of anilines is 1. The van der Waals surface area contributed by atoms with Crippen LogP contribution in [0.1, 0.15) is 10.4 Å². The summed E-state index contributed by atoms with van der Waals surface area (Å²) < 4.78 is 0. The molecule has 0 aliphatic carbocycles. The van der Waals surface area contributed by atoms with Crippen molar-refractivity contribution in [3.05, 3.63) is 109 Å². The number of rotatable bonds is 5. The summed E-state index contributed by atoms with van der Waals surface area (Å²) in [6.07, 6.45) is 6.88. The Bertz CT molecular complexity index is 1960. The SMILES string of the molecule is O=C(Nc1cncc(-c2ccc3[nH]nc(-c4cc5c(-c6ccccn6)ccnc5[nH]4)c3n2)c1)c1ccccc1. The minimum Gasteiger partial charge on any atom is -0.338 e. The summed E-state index contributed by atoms with van der Waals surface area (Å²) in [7, 11) is 0. The van der Waals surface area contributed by atoms with E-state index in [1.165, 1.54) is 0 Å². The van der Waals surface area contributed by atoms with Gasteiger partial charge in [-0.05, 0) is 54.6 Å². The lowest BCUT2D eigenvalue weighted by Crippen LogP contribution is -2.11. The van der Waals surface area contributed by atoms with Crippen LogP contribution >= 0.6 is 0 Å². The number of fused-ring (bicyclic) bond motifs is 2. The van der Waals surface area contributed by atoms with Gasteiger partial charge in [0, 0.05) is 40.7 Å². The maximum absolute atomic E-state index is 12.6. The summed E-state index contributed by atoms with van der Waals surface area (Å²) in [5, 5.41) is 11.5. The Kier molecular flexibility index (Phi) is 5.37. The van der Waals surface area contributed by atoms with E-state index in [1.54, 1.807) is 36.9 Å². The molecule has 6 heterocycles. The highest BCUT2D eigenvalue weighted by Gasteiger charge is 2.16. The van der Waals surface area contributed by atoms with Gasteiger partial charge in [0.2, 0.25) is 0 Å². The van der Waals surface area contributed by atoms with E-state index in [2.05, 4.69) is 35.5 Å². The molecule has 186 valence electrons. The van der Waals surface area contributed by atoms with E-state index < -0.39 is 0 Å².